The molecule has 0 aromatic heterocycles. The number of rotatable bonds is 6. The van der Waals surface area contributed by atoms with Crippen molar-refractivity contribution in [2.45, 2.75) is 62.4 Å². The lowest BCUT2D eigenvalue weighted by molar-refractivity contribution is -0.0621. The SMILES string of the molecule is CCCN(C)CC1(O)CCC2(CCN(S(=O)(=O)c3ccccc3F)CC2)CC1. The van der Waals surface area contributed by atoms with E-state index in [1.807, 2.05) is 0 Å². The second-order valence-electron chi connectivity index (χ2n) is 8.80. The Morgan fingerprint density at radius 1 is 1.11 bits per heavy atom. The van der Waals surface area contributed by atoms with Gasteiger partial charge in [0.2, 0.25) is 10.0 Å². The van der Waals surface area contributed by atoms with Crippen LogP contribution in [-0.2, 0) is 10.0 Å². The number of aliphatic hydroxyl groups is 1. The lowest BCUT2D eigenvalue weighted by Crippen LogP contribution is -2.50. The molecule has 2 aliphatic rings. The van der Waals surface area contributed by atoms with Gasteiger partial charge in [0, 0.05) is 19.6 Å². The van der Waals surface area contributed by atoms with Crippen LogP contribution in [0.3, 0.4) is 0 Å². The second-order valence-corrected chi connectivity index (χ2v) is 10.7. The van der Waals surface area contributed by atoms with E-state index >= 15 is 0 Å². The third-order valence-electron chi connectivity index (χ3n) is 6.65. The van der Waals surface area contributed by atoms with Crippen LogP contribution in [0.1, 0.15) is 51.9 Å². The molecule has 1 N–H and O–H groups in total. The fraction of sp³-hybridized carbons (Fsp3) is 0.714. The van der Waals surface area contributed by atoms with E-state index in [1.54, 1.807) is 6.07 Å². The maximum atomic E-state index is 14.0. The summed E-state index contributed by atoms with van der Waals surface area (Å²) in [6.07, 6.45) is 6.02. The number of halogens is 1. The van der Waals surface area contributed by atoms with Crippen molar-refractivity contribution in [1.29, 1.82) is 0 Å². The Morgan fingerprint density at radius 3 is 2.29 bits per heavy atom. The van der Waals surface area contributed by atoms with Crippen LogP contribution in [0.15, 0.2) is 29.2 Å². The number of hydrogen-bond donors (Lipinski definition) is 1. The van der Waals surface area contributed by atoms with Gasteiger partial charge in [-0.25, -0.2) is 12.8 Å². The highest BCUT2D eigenvalue weighted by atomic mass is 32.2. The molecule has 7 heteroatoms. The van der Waals surface area contributed by atoms with Crippen molar-refractivity contribution < 1.29 is 17.9 Å². The summed E-state index contributed by atoms with van der Waals surface area (Å²) >= 11 is 0. The minimum atomic E-state index is -3.79. The van der Waals surface area contributed by atoms with Gasteiger partial charge >= 0.3 is 0 Å². The monoisotopic (exact) mass is 412 g/mol. The predicted octanol–water partition coefficient (Wildman–Crippen LogP) is 3.24. The topological polar surface area (TPSA) is 60.9 Å². The molecular formula is C21H33FN2O3S. The summed E-state index contributed by atoms with van der Waals surface area (Å²) in [5, 5.41) is 11.0. The summed E-state index contributed by atoms with van der Waals surface area (Å²) in [6, 6.07) is 5.58. The van der Waals surface area contributed by atoms with Crippen molar-refractivity contribution in [1.82, 2.24) is 9.21 Å². The Labute approximate surface area is 168 Å². The molecule has 1 spiro atoms. The van der Waals surface area contributed by atoms with E-state index in [1.165, 1.54) is 22.5 Å². The first-order valence-electron chi connectivity index (χ1n) is 10.4. The lowest BCUT2D eigenvalue weighted by atomic mass is 9.64. The summed E-state index contributed by atoms with van der Waals surface area (Å²) in [6.45, 7) is 4.66. The minimum Gasteiger partial charge on any atom is -0.389 e. The zero-order valence-corrected chi connectivity index (χ0v) is 17.8. The van der Waals surface area contributed by atoms with E-state index in [9.17, 15) is 17.9 Å². The number of sulfonamides is 1. The zero-order chi connectivity index (χ0) is 20.4. The highest BCUT2D eigenvalue weighted by Crippen LogP contribution is 2.48. The molecule has 0 atom stereocenters. The summed E-state index contributed by atoms with van der Waals surface area (Å²) in [4.78, 5) is 1.96. The molecule has 0 bridgehead atoms. The van der Waals surface area contributed by atoms with Crippen LogP contribution < -0.4 is 0 Å². The van der Waals surface area contributed by atoms with Gasteiger partial charge in [0.1, 0.15) is 10.7 Å². The molecule has 158 valence electrons. The maximum Gasteiger partial charge on any atom is 0.245 e. The molecule has 1 aliphatic heterocycles. The van der Waals surface area contributed by atoms with Gasteiger partial charge in [0.05, 0.1) is 5.60 Å². The van der Waals surface area contributed by atoms with E-state index < -0.39 is 21.4 Å². The average Bonchev–Trinajstić information content (AvgIpc) is 2.65. The molecule has 1 saturated heterocycles. The van der Waals surface area contributed by atoms with E-state index in [2.05, 4.69) is 18.9 Å². The van der Waals surface area contributed by atoms with Crippen molar-refractivity contribution in [3.05, 3.63) is 30.1 Å². The van der Waals surface area contributed by atoms with Crippen LogP contribution in [0.25, 0.3) is 0 Å². The summed E-state index contributed by atoms with van der Waals surface area (Å²) in [5.74, 6) is -0.693. The molecule has 1 aromatic carbocycles. The molecule has 0 unspecified atom stereocenters. The summed E-state index contributed by atoms with van der Waals surface area (Å²) in [7, 11) is -1.74. The molecule has 3 rings (SSSR count). The van der Waals surface area contributed by atoms with Crippen molar-refractivity contribution >= 4 is 10.0 Å². The molecule has 0 radical (unpaired) electrons. The predicted molar refractivity (Wildman–Crippen MR) is 108 cm³/mol. The Hall–Kier alpha value is -1.02. The first-order valence-corrected chi connectivity index (χ1v) is 11.8. The fourth-order valence-electron chi connectivity index (χ4n) is 4.86. The van der Waals surface area contributed by atoms with Gasteiger partial charge in [0.25, 0.3) is 0 Å². The van der Waals surface area contributed by atoms with Gasteiger partial charge < -0.3 is 10.0 Å². The number of likely N-dealkylation sites (N-methyl/N-ethyl adjacent to an activating group) is 1. The molecule has 1 aliphatic carbocycles. The van der Waals surface area contributed by atoms with Crippen LogP contribution in [0, 0.1) is 11.2 Å². The molecule has 0 amide bonds. The normalized spacial score (nSPS) is 22.6. The third-order valence-corrected chi connectivity index (χ3v) is 8.58. The average molecular weight is 413 g/mol. The summed E-state index contributed by atoms with van der Waals surface area (Å²) in [5.41, 5.74) is -0.525. The van der Waals surface area contributed by atoms with Crippen LogP contribution in [-0.4, -0.2) is 61.6 Å². The number of benzene rings is 1. The number of piperidine rings is 1. The van der Waals surface area contributed by atoms with Crippen molar-refractivity contribution in [3.63, 3.8) is 0 Å². The Bertz CT molecular complexity index is 766. The molecule has 2 fully saturated rings. The molecular weight excluding hydrogens is 379 g/mol. The third kappa shape index (κ3) is 4.58. The Kier molecular flexibility index (Phi) is 6.49. The van der Waals surface area contributed by atoms with Crippen molar-refractivity contribution in [3.8, 4) is 0 Å². The van der Waals surface area contributed by atoms with Gasteiger partial charge in [-0.05, 0) is 76.1 Å². The van der Waals surface area contributed by atoms with Crippen LogP contribution in [0.4, 0.5) is 4.39 Å². The van der Waals surface area contributed by atoms with E-state index in [4.69, 9.17) is 0 Å². The quantitative estimate of drug-likeness (QED) is 0.779. The zero-order valence-electron chi connectivity index (χ0n) is 17.0. The molecule has 28 heavy (non-hydrogen) atoms. The number of hydrogen-bond acceptors (Lipinski definition) is 4. The minimum absolute atomic E-state index is 0.108. The van der Waals surface area contributed by atoms with E-state index in [0.717, 1.165) is 51.5 Å². The van der Waals surface area contributed by atoms with Gasteiger partial charge in [-0.2, -0.15) is 4.31 Å². The van der Waals surface area contributed by atoms with Gasteiger partial charge in [-0.15, -0.1) is 0 Å². The van der Waals surface area contributed by atoms with Crippen LogP contribution >= 0.6 is 0 Å². The standard InChI is InChI=1S/C21H33FN2O3S/c1-3-14-23(2)17-21(25)10-8-20(9-11-21)12-15-24(16-13-20)28(26,27)19-7-5-4-6-18(19)22/h4-7,25H,3,8-17H2,1-2H3. The molecule has 1 heterocycles. The molecule has 1 saturated carbocycles. The van der Waals surface area contributed by atoms with E-state index in [0.29, 0.717) is 19.6 Å². The van der Waals surface area contributed by atoms with Crippen LogP contribution in [0.5, 0.6) is 0 Å². The Balaban J connectivity index is 1.59. The first kappa shape index (κ1) is 21.7. The first-order chi connectivity index (χ1) is 13.2. The maximum absolute atomic E-state index is 14.0. The summed E-state index contributed by atoms with van der Waals surface area (Å²) < 4.78 is 41.0. The molecule has 1 aromatic rings. The van der Waals surface area contributed by atoms with Crippen molar-refractivity contribution in [2.24, 2.45) is 5.41 Å². The van der Waals surface area contributed by atoms with Gasteiger partial charge in [-0.3, -0.25) is 0 Å². The van der Waals surface area contributed by atoms with Gasteiger partial charge in [0.15, 0.2) is 0 Å². The lowest BCUT2D eigenvalue weighted by Gasteiger charge is -2.48. The van der Waals surface area contributed by atoms with E-state index in [-0.39, 0.29) is 10.3 Å². The fourth-order valence-corrected chi connectivity index (χ4v) is 6.37. The molecule has 5 nitrogen and oxygen atoms in total. The highest BCUT2D eigenvalue weighted by molar-refractivity contribution is 7.89. The number of nitrogens with zero attached hydrogens (tertiary/aromatic N) is 2. The van der Waals surface area contributed by atoms with Crippen LogP contribution in [0.2, 0.25) is 0 Å². The Morgan fingerprint density at radius 2 is 1.71 bits per heavy atom. The van der Waals surface area contributed by atoms with Gasteiger partial charge in [-0.1, -0.05) is 19.1 Å². The van der Waals surface area contributed by atoms with Crippen molar-refractivity contribution in [2.75, 3.05) is 33.2 Å². The smallest absolute Gasteiger partial charge is 0.245 e. The highest BCUT2D eigenvalue weighted by Gasteiger charge is 2.45. The second kappa shape index (κ2) is 8.38. The largest absolute Gasteiger partial charge is 0.389 e.